The average Bonchev–Trinajstić information content (AvgIpc) is 2.83. The Bertz CT molecular complexity index is 934. The fraction of sp³-hybridized carbons (Fsp3) is 0.400. The molecule has 1 fully saturated rings. The van der Waals surface area contributed by atoms with Crippen molar-refractivity contribution >= 4 is 17.8 Å². The Kier molecular flexibility index (Phi) is 8.83. The topological polar surface area (TPSA) is 114 Å². The van der Waals surface area contributed by atoms with E-state index in [1.807, 2.05) is 12.1 Å². The van der Waals surface area contributed by atoms with Crippen LogP contribution in [0.3, 0.4) is 0 Å². The summed E-state index contributed by atoms with van der Waals surface area (Å²) < 4.78 is 11.0. The highest BCUT2D eigenvalue weighted by Gasteiger charge is 2.26. The maximum atomic E-state index is 12.3. The van der Waals surface area contributed by atoms with Gasteiger partial charge in [-0.2, -0.15) is 0 Å². The number of hydrogen-bond donors (Lipinski definition) is 3. The molecule has 33 heavy (non-hydrogen) atoms. The first-order valence-electron chi connectivity index (χ1n) is 11.1. The maximum absolute atomic E-state index is 12.3. The van der Waals surface area contributed by atoms with Crippen molar-refractivity contribution in [1.29, 1.82) is 0 Å². The first kappa shape index (κ1) is 24.3. The smallest absolute Gasteiger partial charge is 0.306 e. The summed E-state index contributed by atoms with van der Waals surface area (Å²) in [6, 6.07) is 14.0. The minimum Gasteiger partial charge on any atom is -0.490 e. The van der Waals surface area contributed by atoms with Crippen molar-refractivity contribution in [3.05, 3.63) is 65.2 Å². The maximum Gasteiger partial charge on any atom is 0.306 e. The number of carboxylic acid groups (broad SMARTS) is 1. The molecule has 0 aromatic heterocycles. The minimum atomic E-state index is -0.736. The van der Waals surface area contributed by atoms with Crippen molar-refractivity contribution in [3.63, 3.8) is 0 Å². The molecule has 0 aliphatic heterocycles. The summed E-state index contributed by atoms with van der Waals surface area (Å²) in [6.45, 7) is 1.11. The number of nitrogens with one attached hydrogen (secondary N) is 2. The molecule has 2 amide bonds. The molecule has 0 atom stereocenters. The molecule has 176 valence electrons. The molecule has 0 spiro atoms. The summed E-state index contributed by atoms with van der Waals surface area (Å²) in [5.41, 5.74) is 2.04. The summed E-state index contributed by atoms with van der Waals surface area (Å²) in [6.07, 6.45) is 2.66. The number of amides is 2. The molecule has 2 aromatic rings. The molecule has 8 heteroatoms. The van der Waals surface area contributed by atoms with Gasteiger partial charge in [0.25, 0.3) is 11.8 Å². The SMILES string of the molecule is COCc1ccc(C(=O)NCCNC(=O)c2ccc(OC3CCC(C(=O)O)CC3)cc2)cc1. The third kappa shape index (κ3) is 7.32. The molecule has 0 bridgehead atoms. The number of rotatable bonds is 10. The van der Waals surface area contributed by atoms with Crippen molar-refractivity contribution < 1.29 is 29.0 Å². The second-order valence-electron chi connectivity index (χ2n) is 8.10. The van der Waals surface area contributed by atoms with Crippen LogP contribution in [-0.2, 0) is 16.1 Å². The Morgan fingerprint density at radius 1 is 0.848 bits per heavy atom. The Labute approximate surface area is 193 Å². The van der Waals surface area contributed by atoms with Gasteiger partial charge < -0.3 is 25.2 Å². The van der Waals surface area contributed by atoms with Crippen LogP contribution in [0.1, 0.15) is 52.0 Å². The van der Waals surface area contributed by atoms with Gasteiger partial charge in [0.2, 0.25) is 0 Å². The third-order valence-corrected chi connectivity index (χ3v) is 5.67. The van der Waals surface area contributed by atoms with Crippen LogP contribution < -0.4 is 15.4 Å². The number of carbonyl (C=O) groups excluding carboxylic acids is 2. The normalized spacial score (nSPS) is 17.7. The molecular formula is C25H30N2O6. The average molecular weight is 455 g/mol. The summed E-state index contributed by atoms with van der Waals surface area (Å²) >= 11 is 0. The van der Waals surface area contributed by atoms with Gasteiger partial charge in [0.15, 0.2) is 0 Å². The number of carboxylic acids is 1. The lowest BCUT2D eigenvalue weighted by Crippen LogP contribution is -2.34. The van der Waals surface area contributed by atoms with Gasteiger partial charge in [-0.15, -0.1) is 0 Å². The van der Waals surface area contributed by atoms with Crippen LogP contribution >= 0.6 is 0 Å². The van der Waals surface area contributed by atoms with Crippen molar-refractivity contribution in [2.24, 2.45) is 5.92 Å². The predicted octanol–water partition coefficient (Wildman–Crippen LogP) is 3.02. The van der Waals surface area contributed by atoms with Crippen LogP contribution in [-0.4, -0.2) is 49.2 Å². The van der Waals surface area contributed by atoms with Crippen molar-refractivity contribution in [2.45, 2.75) is 38.4 Å². The molecular weight excluding hydrogens is 424 g/mol. The molecule has 1 saturated carbocycles. The first-order valence-corrected chi connectivity index (χ1v) is 11.1. The number of methoxy groups -OCH3 is 1. The highest BCUT2D eigenvalue weighted by atomic mass is 16.5. The summed E-state index contributed by atoms with van der Waals surface area (Å²) in [4.78, 5) is 35.6. The van der Waals surface area contributed by atoms with Crippen LogP contribution in [0, 0.1) is 5.92 Å². The Hall–Kier alpha value is -3.39. The minimum absolute atomic E-state index is 0.0000641. The van der Waals surface area contributed by atoms with E-state index in [9.17, 15) is 14.4 Å². The molecule has 2 aromatic carbocycles. The lowest BCUT2D eigenvalue weighted by Gasteiger charge is -2.26. The van der Waals surface area contributed by atoms with Gasteiger partial charge in [-0.3, -0.25) is 14.4 Å². The first-order chi connectivity index (χ1) is 16.0. The summed E-state index contributed by atoms with van der Waals surface area (Å²) in [5.74, 6) is -0.787. The summed E-state index contributed by atoms with van der Waals surface area (Å²) in [5, 5.41) is 14.6. The van der Waals surface area contributed by atoms with Gasteiger partial charge in [0.05, 0.1) is 18.6 Å². The molecule has 3 rings (SSSR count). The van der Waals surface area contributed by atoms with Gasteiger partial charge in [-0.1, -0.05) is 12.1 Å². The van der Waals surface area contributed by atoms with Crippen LogP contribution in [0.2, 0.25) is 0 Å². The summed E-state index contributed by atoms with van der Waals surface area (Å²) in [7, 11) is 1.62. The Morgan fingerprint density at radius 3 is 1.85 bits per heavy atom. The lowest BCUT2D eigenvalue weighted by molar-refractivity contribution is -0.143. The van der Waals surface area contributed by atoms with E-state index in [1.54, 1.807) is 43.5 Å². The monoisotopic (exact) mass is 454 g/mol. The van der Waals surface area contributed by atoms with E-state index in [-0.39, 0.29) is 23.8 Å². The van der Waals surface area contributed by atoms with Gasteiger partial charge in [0.1, 0.15) is 5.75 Å². The van der Waals surface area contributed by atoms with E-state index in [4.69, 9.17) is 14.6 Å². The van der Waals surface area contributed by atoms with E-state index in [2.05, 4.69) is 10.6 Å². The van der Waals surface area contributed by atoms with Crippen molar-refractivity contribution in [2.75, 3.05) is 20.2 Å². The van der Waals surface area contributed by atoms with E-state index in [1.165, 1.54) is 0 Å². The number of carbonyl (C=O) groups is 3. The molecule has 1 aliphatic carbocycles. The second kappa shape index (κ2) is 12.0. The standard InChI is InChI=1S/C25H30N2O6/c1-32-16-17-2-4-18(5-3-17)23(28)26-14-15-27-24(29)19-6-10-21(11-7-19)33-22-12-8-20(9-13-22)25(30)31/h2-7,10-11,20,22H,8-9,12-16H2,1H3,(H,26,28)(H,27,29)(H,30,31). The predicted molar refractivity (Wildman–Crippen MR) is 122 cm³/mol. The lowest BCUT2D eigenvalue weighted by atomic mass is 9.87. The van der Waals surface area contributed by atoms with Crippen LogP contribution in [0.15, 0.2) is 48.5 Å². The Morgan fingerprint density at radius 2 is 1.36 bits per heavy atom. The largest absolute Gasteiger partial charge is 0.490 e. The van der Waals surface area contributed by atoms with Crippen molar-refractivity contribution in [3.8, 4) is 5.75 Å². The molecule has 0 saturated heterocycles. The zero-order valence-corrected chi connectivity index (χ0v) is 18.7. The Balaban J connectivity index is 1.37. The fourth-order valence-electron chi connectivity index (χ4n) is 3.78. The number of ether oxygens (including phenoxy) is 2. The third-order valence-electron chi connectivity index (χ3n) is 5.67. The van der Waals surface area contributed by atoms with Crippen molar-refractivity contribution in [1.82, 2.24) is 10.6 Å². The number of aliphatic carboxylic acids is 1. The van der Waals surface area contributed by atoms with Gasteiger partial charge in [-0.25, -0.2) is 0 Å². The van der Waals surface area contributed by atoms with Crippen LogP contribution in [0.25, 0.3) is 0 Å². The number of benzene rings is 2. The van der Waals surface area contributed by atoms with Crippen LogP contribution in [0.5, 0.6) is 5.75 Å². The van der Waals surface area contributed by atoms with Gasteiger partial charge in [-0.05, 0) is 67.6 Å². The second-order valence-corrected chi connectivity index (χ2v) is 8.10. The zero-order chi connectivity index (χ0) is 23.6. The van der Waals surface area contributed by atoms with E-state index in [0.29, 0.717) is 62.3 Å². The van der Waals surface area contributed by atoms with Crippen LogP contribution in [0.4, 0.5) is 0 Å². The molecule has 0 heterocycles. The number of hydrogen-bond acceptors (Lipinski definition) is 5. The molecule has 0 radical (unpaired) electrons. The van der Waals surface area contributed by atoms with Gasteiger partial charge in [0, 0.05) is 31.3 Å². The quantitative estimate of drug-likeness (QED) is 0.476. The molecule has 3 N–H and O–H groups in total. The van der Waals surface area contributed by atoms with E-state index in [0.717, 1.165) is 5.56 Å². The zero-order valence-electron chi connectivity index (χ0n) is 18.7. The highest BCUT2D eigenvalue weighted by Crippen LogP contribution is 2.28. The molecule has 0 unspecified atom stereocenters. The highest BCUT2D eigenvalue weighted by molar-refractivity contribution is 5.95. The van der Waals surface area contributed by atoms with Gasteiger partial charge >= 0.3 is 5.97 Å². The molecule has 1 aliphatic rings. The molecule has 8 nitrogen and oxygen atoms in total. The van der Waals surface area contributed by atoms with E-state index >= 15 is 0 Å². The van der Waals surface area contributed by atoms with E-state index < -0.39 is 5.97 Å². The fourth-order valence-corrected chi connectivity index (χ4v) is 3.78.